The van der Waals surface area contributed by atoms with Gasteiger partial charge in [-0.05, 0) is 50.4 Å². The molecule has 1 amide bonds. The molecule has 2 aliphatic carbocycles. The number of rotatable bonds is 8. The molecule has 2 rings (SSSR count). The number of ether oxygens (including phenoxy) is 1. The standard InChI is InChI=1S/C16H25NO4/c1-2-3-4-9-12-10-13(12)21-16(20)17-14(15(18)19)11-7-5-6-8-11/h2,11-14H,1,3-10H2,(H,17,20)(H,18,19)/t12-,13?,14+/m1/s1. The molecule has 0 aromatic rings. The maximum absolute atomic E-state index is 11.8. The molecule has 3 atom stereocenters. The van der Waals surface area contributed by atoms with Crippen molar-refractivity contribution in [3.05, 3.63) is 12.7 Å². The van der Waals surface area contributed by atoms with Gasteiger partial charge < -0.3 is 15.2 Å². The molecular weight excluding hydrogens is 270 g/mol. The van der Waals surface area contributed by atoms with Crippen LogP contribution in [-0.2, 0) is 9.53 Å². The number of carboxylic acids is 1. The minimum atomic E-state index is -0.961. The Kier molecular flexibility index (Phi) is 5.65. The summed E-state index contributed by atoms with van der Waals surface area (Å²) in [6, 6.07) is -0.807. The van der Waals surface area contributed by atoms with Gasteiger partial charge in [0.1, 0.15) is 12.1 Å². The minimum absolute atomic E-state index is 0.0344. The van der Waals surface area contributed by atoms with Gasteiger partial charge in [0.25, 0.3) is 0 Å². The van der Waals surface area contributed by atoms with Crippen LogP contribution >= 0.6 is 0 Å². The second-order valence-corrected chi connectivity index (χ2v) is 6.16. The van der Waals surface area contributed by atoms with Crippen LogP contribution < -0.4 is 5.32 Å². The minimum Gasteiger partial charge on any atom is -0.480 e. The van der Waals surface area contributed by atoms with E-state index in [0.29, 0.717) is 5.92 Å². The first-order valence-electron chi connectivity index (χ1n) is 7.92. The molecule has 2 aliphatic rings. The zero-order chi connectivity index (χ0) is 15.2. The van der Waals surface area contributed by atoms with Crippen molar-refractivity contribution in [2.45, 2.75) is 63.5 Å². The molecule has 1 unspecified atom stereocenters. The fraction of sp³-hybridized carbons (Fsp3) is 0.750. The number of carbonyl (C=O) groups is 2. The third-order valence-corrected chi connectivity index (χ3v) is 4.51. The SMILES string of the molecule is C=CCCC[C@@H]1CC1OC(=O)N[C@H](C(=O)O)C1CCCC1. The van der Waals surface area contributed by atoms with Crippen molar-refractivity contribution in [1.29, 1.82) is 0 Å². The summed E-state index contributed by atoms with van der Waals surface area (Å²) in [5.74, 6) is -0.486. The number of allylic oxidation sites excluding steroid dienone is 1. The van der Waals surface area contributed by atoms with Crippen molar-refractivity contribution in [2.75, 3.05) is 0 Å². The number of unbranched alkanes of at least 4 members (excludes halogenated alkanes) is 1. The molecule has 0 aliphatic heterocycles. The van der Waals surface area contributed by atoms with Gasteiger partial charge >= 0.3 is 12.1 Å². The summed E-state index contributed by atoms with van der Waals surface area (Å²) in [6.07, 6.45) is 9.07. The molecule has 5 nitrogen and oxygen atoms in total. The van der Waals surface area contributed by atoms with Crippen LogP contribution in [0.5, 0.6) is 0 Å². The molecular formula is C16H25NO4. The molecule has 118 valence electrons. The van der Waals surface area contributed by atoms with E-state index in [1.807, 2.05) is 6.08 Å². The van der Waals surface area contributed by atoms with Crippen LogP contribution in [0, 0.1) is 11.8 Å². The van der Waals surface area contributed by atoms with Gasteiger partial charge in [-0.1, -0.05) is 18.9 Å². The van der Waals surface area contributed by atoms with Crippen molar-refractivity contribution in [3.8, 4) is 0 Å². The Labute approximate surface area is 125 Å². The Bertz CT molecular complexity index is 390. The number of aliphatic carboxylic acids is 1. The van der Waals surface area contributed by atoms with Crippen LogP contribution in [0.2, 0.25) is 0 Å². The summed E-state index contributed by atoms with van der Waals surface area (Å²) in [5, 5.41) is 11.8. The van der Waals surface area contributed by atoms with Crippen LogP contribution in [0.3, 0.4) is 0 Å². The highest BCUT2D eigenvalue weighted by molar-refractivity contribution is 5.80. The van der Waals surface area contributed by atoms with E-state index in [1.165, 1.54) is 0 Å². The zero-order valence-electron chi connectivity index (χ0n) is 12.4. The highest BCUT2D eigenvalue weighted by Crippen LogP contribution is 2.38. The molecule has 2 saturated carbocycles. The number of alkyl carbamates (subject to hydrolysis) is 1. The van der Waals surface area contributed by atoms with Gasteiger partial charge in [-0.15, -0.1) is 6.58 Å². The average Bonchev–Trinajstić information content (AvgIpc) is 2.95. The van der Waals surface area contributed by atoms with Crippen LogP contribution in [0.4, 0.5) is 4.79 Å². The highest BCUT2D eigenvalue weighted by atomic mass is 16.6. The fourth-order valence-corrected chi connectivity index (χ4v) is 3.16. The van der Waals surface area contributed by atoms with E-state index in [-0.39, 0.29) is 12.0 Å². The Balaban J connectivity index is 1.71. The first-order valence-corrected chi connectivity index (χ1v) is 7.92. The number of carboxylic acid groups (broad SMARTS) is 1. The molecule has 0 aromatic carbocycles. The monoisotopic (exact) mass is 295 g/mol. The van der Waals surface area contributed by atoms with Gasteiger partial charge in [0.15, 0.2) is 0 Å². The predicted octanol–water partition coefficient (Wildman–Crippen LogP) is 3.10. The average molecular weight is 295 g/mol. The number of amides is 1. The first-order chi connectivity index (χ1) is 10.1. The lowest BCUT2D eigenvalue weighted by atomic mass is 9.98. The van der Waals surface area contributed by atoms with Crippen LogP contribution in [0.25, 0.3) is 0 Å². The van der Waals surface area contributed by atoms with Crippen molar-refractivity contribution in [1.82, 2.24) is 5.32 Å². The van der Waals surface area contributed by atoms with Crippen molar-refractivity contribution in [3.63, 3.8) is 0 Å². The molecule has 5 heteroatoms. The van der Waals surface area contributed by atoms with E-state index in [2.05, 4.69) is 11.9 Å². The molecule has 0 aromatic heterocycles. The molecule has 2 fully saturated rings. The largest absolute Gasteiger partial charge is 0.480 e. The zero-order valence-corrected chi connectivity index (χ0v) is 12.4. The molecule has 0 radical (unpaired) electrons. The Morgan fingerprint density at radius 2 is 2.10 bits per heavy atom. The van der Waals surface area contributed by atoms with E-state index in [9.17, 15) is 14.7 Å². The molecule has 2 N–H and O–H groups in total. The summed E-state index contributed by atoms with van der Waals surface area (Å²) >= 11 is 0. The van der Waals surface area contributed by atoms with Crippen molar-refractivity contribution in [2.24, 2.45) is 11.8 Å². The lowest BCUT2D eigenvalue weighted by molar-refractivity contribution is -0.140. The normalized spacial score (nSPS) is 26.1. The lowest BCUT2D eigenvalue weighted by Crippen LogP contribution is -2.45. The molecule has 0 saturated heterocycles. The second-order valence-electron chi connectivity index (χ2n) is 6.16. The lowest BCUT2D eigenvalue weighted by Gasteiger charge is -2.20. The van der Waals surface area contributed by atoms with Crippen LogP contribution in [-0.4, -0.2) is 29.3 Å². The maximum Gasteiger partial charge on any atom is 0.408 e. The molecule has 0 bridgehead atoms. The van der Waals surface area contributed by atoms with E-state index < -0.39 is 18.1 Å². The van der Waals surface area contributed by atoms with Gasteiger partial charge in [-0.2, -0.15) is 0 Å². The van der Waals surface area contributed by atoms with E-state index in [4.69, 9.17) is 4.74 Å². The van der Waals surface area contributed by atoms with E-state index >= 15 is 0 Å². The quantitative estimate of drug-likeness (QED) is 0.533. The van der Waals surface area contributed by atoms with Crippen molar-refractivity contribution < 1.29 is 19.4 Å². The Morgan fingerprint density at radius 1 is 1.38 bits per heavy atom. The summed E-state index contributed by atoms with van der Waals surface area (Å²) in [4.78, 5) is 23.1. The Hall–Kier alpha value is -1.52. The van der Waals surface area contributed by atoms with Crippen molar-refractivity contribution >= 4 is 12.1 Å². The molecule has 21 heavy (non-hydrogen) atoms. The second kappa shape index (κ2) is 7.48. The smallest absolute Gasteiger partial charge is 0.408 e. The maximum atomic E-state index is 11.8. The van der Waals surface area contributed by atoms with Crippen LogP contribution in [0.1, 0.15) is 51.4 Å². The summed E-state index contributed by atoms with van der Waals surface area (Å²) < 4.78 is 5.31. The highest BCUT2D eigenvalue weighted by Gasteiger charge is 2.41. The summed E-state index contributed by atoms with van der Waals surface area (Å²) in [7, 11) is 0. The van der Waals surface area contributed by atoms with Gasteiger partial charge in [-0.3, -0.25) is 0 Å². The topological polar surface area (TPSA) is 75.6 Å². The fourth-order valence-electron chi connectivity index (χ4n) is 3.16. The van der Waals surface area contributed by atoms with Gasteiger partial charge in [0.05, 0.1) is 0 Å². The first kappa shape index (κ1) is 15.9. The molecule has 0 heterocycles. The summed E-state index contributed by atoms with van der Waals surface area (Å²) in [5.41, 5.74) is 0. The number of hydrogen-bond acceptors (Lipinski definition) is 3. The van der Waals surface area contributed by atoms with Gasteiger partial charge in [0.2, 0.25) is 0 Å². The van der Waals surface area contributed by atoms with Crippen LogP contribution in [0.15, 0.2) is 12.7 Å². The summed E-state index contributed by atoms with van der Waals surface area (Å²) in [6.45, 7) is 3.68. The number of hydrogen-bond donors (Lipinski definition) is 2. The van der Waals surface area contributed by atoms with E-state index in [1.54, 1.807) is 0 Å². The predicted molar refractivity (Wildman–Crippen MR) is 78.9 cm³/mol. The van der Waals surface area contributed by atoms with Gasteiger partial charge in [0, 0.05) is 0 Å². The third kappa shape index (κ3) is 4.76. The third-order valence-electron chi connectivity index (χ3n) is 4.51. The Morgan fingerprint density at radius 3 is 2.71 bits per heavy atom. The molecule has 0 spiro atoms. The van der Waals surface area contributed by atoms with Gasteiger partial charge in [-0.25, -0.2) is 9.59 Å². The number of carbonyl (C=O) groups excluding carboxylic acids is 1. The van der Waals surface area contributed by atoms with E-state index in [0.717, 1.165) is 51.4 Å². The number of nitrogens with one attached hydrogen (secondary N) is 1.